The van der Waals surface area contributed by atoms with Crippen LogP contribution < -0.4 is 5.32 Å². The molecule has 0 atom stereocenters. The molecule has 0 unspecified atom stereocenters. The number of aromatic nitrogens is 2. The summed E-state index contributed by atoms with van der Waals surface area (Å²) in [5, 5.41) is 2.61. The molecule has 4 heteroatoms. The third-order valence-corrected chi connectivity index (χ3v) is 1.28. The second-order valence-corrected chi connectivity index (χ2v) is 2.32. The minimum absolute atomic E-state index is 0.0284. The third kappa shape index (κ3) is 2.07. The zero-order valence-corrected chi connectivity index (χ0v) is 6.64. The Morgan fingerprint density at radius 2 is 2.55 bits per heavy atom. The number of nitrogens with one attached hydrogen (secondary N) is 2. The Bertz CT molecular complexity index is 254. The topological polar surface area (TPSA) is 57.8 Å². The van der Waals surface area contributed by atoms with Crippen molar-refractivity contribution in [3.8, 4) is 0 Å². The van der Waals surface area contributed by atoms with Crippen LogP contribution in [0.15, 0.2) is 6.20 Å². The predicted octanol–water partition coefficient (Wildman–Crippen LogP) is 1.07. The highest BCUT2D eigenvalue weighted by molar-refractivity contribution is 5.88. The molecule has 0 spiro atoms. The average Bonchev–Trinajstić information content (AvgIpc) is 2.35. The number of aryl methyl sites for hydroxylation is 1. The van der Waals surface area contributed by atoms with Gasteiger partial charge in [0, 0.05) is 18.3 Å². The van der Waals surface area contributed by atoms with E-state index < -0.39 is 0 Å². The van der Waals surface area contributed by atoms with E-state index in [0.29, 0.717) is 12.4 Å². The number of carbonyl (C=O) groups excluding carboxylic acids is 1. The molecule has 1 rings (SSSR count). The number of H-pyrrole nitrogens is 1. The van der Waals surface area contributed by atoms with Gasteiger partial charge >= 0.3 is 0 Å². The lowest BCUT2D eigenvalue weighted by Crippen LogP contribution is -2.10. The van der Waals surface area contributed by atoms with Crippen molar-refractivity contribution in [1.82, 2.24) is 9.97 Å². The fourth-order valence-corrected chi connectivity index (χ4v) is 0.697. The lowest BCUT2D eigenvalue weighted by Gasteiger charge is -1.96. The van der Waals surface area contributed by atoms with Crippen molar-refractivity contribution in [3.63, 3.8) is 0 Å². The Morgan fingerprint density at radius 1 is 1.82 bits per heavy atom. The molecule has 0 saturated heterocycles. The van der Waals surface area contributed by atoms with Gasteiger partial charge in [-0.1, -0.05) is 6.92 Å². The number of aromatic amines is 1. The van der Waals surface area contributed by atoms with Crippen LogP contribution in [0.5, 0.6) is 0 Å². The van der Waals surface area contributed by atoms with Gasteiger partial charge in [-0.3, -0.25) is 10.1 Å². The number of hydrogen-bond donors (Lipinski definition) is 2. The summed E-state index contributed by atoms with van der Waals surface area (Å²) in [7, 11) is 0. The van der Waals surface area contributed by atoms with Gasteiger partial charge in [0.15, 0.2) is 0 Å². The summed E-state index contributed by atoms with van der Waals surface area (Å²) < 4.78 is 0. The van der Waals surface area contributed by atoms with E-state index in [9.17, 15) is 4.79 Å². The summed E-state index contributed by atoms with van der Waals surface area (Å²) in [4.78, 5) is 17.6. The molecule has 1 aromatic heterocycles. The number of carbonyl (C=O) groups is 1. The van der Waals surface area contributed by atoms with Gasteiger partial charge in [-0.2, -0.15) is 0 Å². The van der Waals surface area contributed by atoms with E-state index in [1.54, 1.807) is 13.1 Å². The van der Waals surface area contributed by atoms with E-state index in [2.05, 4.69) is 15.3 Å². The normalized spacial score (nSPS) is 9.64. The Balaban J connectivity index is 2.57. The van der Waals surface area contributed by atoms with Gasteiger partial charge in [-0.05, 0) is 6.92 Å². The van der Waals surface area contributed by atoms with Crippen LogP contribution in [0.1, 0.15) is 19.0 Å². The molecule has 11 heavy (non-hydrogen) atoms. The van der Waals surface area contributed by atoms with Gasteiger partial charge in [-0.15, -0.1) is 0 Å². The monoisotopic (exact) mass is 153 g/mol. The molecule has 0 bridgehead atoms. The molecule has 0 aromatic carbocycles. The molecule has 4 nitrogen and oxygen atoms in total. The Morgan fingerprint density at radius 3 is 3.00 bits per heavy atom. The number of imidazole rings is 1. The van der Waals surface area contributed by atoms with Crippen molar-refractivity contribution in [2.45, 2.75) is 20.3 Å². The highest BCUT2D eigenvalue weighted by Gasteiger charge is 2.00. The van der Waals surface area contributed by atoms with E-state index in [1.165, 1.54) is 0 Å². The summed E-state index contributed by atoms with van der Waals surface area (Å²) in [6.07, 6.45) is 2.14. The van der Waals surface area contributed by atoms with Crippen molar-refractivity contribution in [2.24, 2.45) is 0 Å². The molecule has 1 heterocycles. The number of anilines is 1. The third-order valence-electron chi connectivity index (χ3n) is 1.28. The molecule has 0 fully saturated rings. The minimum atomic E-state index is -0.0284. The van der Waals surface area contributed by atoms with Crippen molar-refractivity contribution in [2.75, 3.05) is 5.32 Å². The maximum Gasteiger partial charge on any atom is 0.226 e. The number of amides is 1. The van der Waals surface area contributed by atoms with E-state index >= 15 is 0 Å². The first-order valence-electron chi connectivity index (χ1n) is 3.54. The van der Waals surface area contributed by atoms with Gasteiger partial charge in [-0.25, -0.2) is 4.98 Å². The molecular formula is C7H11N3O. The summed E-state index contributed by atoms with van der Waals surface area (Å²) in [6.45, 7) is 3.68. The fourth-order valence-electron chi connectivity index (χ4n) is 0.697. The molecule has 0 aliphatic heterocycles. The van der Waals surface area contributed by atoms with Crippen LogP contribution in [0, 0.1) is 6.92 Å². The molecule has 0 aliphatic carbocycles. The van der Waals surface area contributed by atoms with Crippen LogP contribution in [0.2, 0.25) is 0 Å². The Hall–Kier alpha value is -1.32. The van der Waals surface area contributed by atoms with Crippen LogP contribution >= 0.6 is 0 Å². The Labute approximate surface area is 65.0 Å². The van der Waals surface area contributed by atoms with Crippen LogP contribution in [0.3, 0.4) is 0 Å². The van der Waals surface area contributed by atoms with E-state index in [-0.39, 0.29) is 5.91 Å². The number of nitrogens with zero attached hydrogens (tertiary/aromatic N) is 1. The second-order valence-electron chi connectivity index (χ2n) is 2.32. The van der Waals surface area contributed by atoms with Crippen molar-refractivity contribution >= 4 is 11.9 Å². The van der Waals surface area contributed by atoms with Crippen molar-refractivity contribution in [3.05, 3.63) is 11.9 Å². The average molecular weight is 153 g/mol. The molecular weight excluding hydrogens is 142 g/mol. The zero-order chi connectivity index (χ0) is 8.27. The minimum Gasteiger partial charge on any atom is -0.328 e. The van der Waals surface area contributed by atoms with Crippen LogP contribution in [-0.4, -0.2) is 15.9 Å². The number of rotatable bonds is 2. The second kappa shape index (κ2) is 3.18. The van der Waals surface area contributed by atoms with Gasteiger partial charge in [0.2, 0.25) is 11.9 Å². The first-order valence-corrected chi connectivity index (χ1v) is 3.54. The zero-order valence-electron chi connectivity index (χ0n) is 6.64. The first kappa shape index (κ1) is 7.78. The molecule has 1 amide bonds. The first-order chi connectivity index (χ1) is 5.22. The highest BCUT2D eigenvalue weighted by Crippen LogP contribution is 2.00. The standard InChI is InChI=1S/C7H11N3O/c1-3-6(11)10-7-8-4-5(2)9-7/h4H,3H2,1-2H3,(H2,8,9,10,11). The van der Waals surface area contributed by atoms with Crippen molar-refractivity contribution < 1.29 is 4.79 Å². The van der Waals surface area contributed by atoms with Gasteiger partial charge < -0.3 is 4.98 Å². The van der Waals surface area contributed by atoms with Crippen LogP contribution in [0.25, 0.3) is 0 Å². The molecule has 1 aromatic rings. The molecule has 60 valence electrons. The largest absolute Gasteiger partial charge is 0.328 e. The van der Waals surface area contributed by atoms with Crippen LogP contribution in [-0.2, 0) is 4.79 Å². The molecule has 0 radical (unpaired) electrons. The quantitative estimate of drug-likeness (QED) is 0.667. The predicted molar refractivity (Wildman–Crippen MR) is 42.2 cm³/mol. The summed E-state index contributed by atoms with van der Waals surface area (Å²) in [5.74, 6) is 0.494. The van der Waals surface area contributed by atoms with E-state index in [4.69, 9.17) is 0 Å². The molecule has 2 N–H and O–H groups in total. The van der Waals surface area contributed by atoms with E-state index in [1.807, 2.05) is 6.92 Å². The van der Waals surface area contributed by atoms with Crippen molar-refractivity contribution in [1.29, 1.82) is 0 Å². The van der Waals surface area contributed by atoms with Gasteiger partial charge in [0.05, 0.1) is 0 Å². The number of hydrogen-bond acceptors (Lipinski definition) is 2. The van der Waals surface area contributed by atoms with Gasteiger partial charge in [0.1, 0.15) is 0 Å². The molecule has 0 aliphatic rings. The maximum atomic E-state index is 10.8. The van der Waals surface area contributed by atoms with Gasteiger partial charge in [0.25, 0.3) is 0 Å². The highest BCUT2D eigenvalue weighted by atomic mass is 16.1. The summed E-state index contributed by atoms with van der Waals surface area (Å²) >= 11 is 0. The molecule has 0 saturated carbocycles. The smallest absolute Gasteiger partial charge is 0.226 e. The van der Waals surface area contributed by atoms with Crippen LogP contribution in [0.4, 0.5) is 5.95 Å². The lowest BCUT2D eigenvalue weighted by atomic mass is 10.5. The lowest BCUT2D eigenvalue weighted by molar-refractivity contribution is -0.115. The Kier molecular flexibility index (Phi) is 2.25. The fraction of sp³-hybridized carbons (Fsp3) is 0.429. The van der Waals surface area contributed by atoms with E-state index in [0.717, 1.165) is 5.69 Å². The SMILES string of the molecule is CCC(=O)Nc1ncc(C)[nH]1. The summed E-state index contributed by atoms with van der Waals surface area (Å²) in [5.41, 5.74) is 0.941. The summed E-state index contributed by atoms with van der Waals surface area (Å²) in [6, 6.07) is 0. The maximum absolute atomic E-state index is 10.8.